The van der Waals surface area contributed by atoms with Gasteiger partial charge >= 0.3 is 0 Å². The highest BCUT2D eigenvalue weighted by atomic mass is 19.1. The highest BCUT2D eigenvalue weighted by Gasteiger charge is 2.15. The lowest BCUT2D eigenvalue weighted by atomic mass is 10.1. The largest absolute Gasteiger partial charge is 0.391 e. The van der Waals surface area contributed by atoms with Gasteiger partial charge in [-0.3, -0.25) is 4.90 Å². The fraction of sp³-hybridized carbons (Fsp3) is 0.217. The molecule has 0 saturated carbocycles. The number of aliphatic hydroxyl groups is 1. The zero-order valence-corrected chi connectivity index (χ0v) is 14.8. The van der Waals surface area contributed by atoms with Crippen molar-refractivity contribution in [1.29, 1.82) is 0 Å². The van der Waals surface area contributed by atoms with Gasteiger partial charge in [0.15, 0.2) is 0 Å². The molecule has 0 aliphatic carbocycles. The molecule has 3 aromatic carbocycles. The van der Waals surface area contributed by atoms with Gasteiger partial charge in [0.05, 0.1) is 6.10 Å². The monoisotopic (exact) mass is 349 g/mol. The van der Waals surface area contributed by atoms with Crippen LogP contribution in [0.3, 0.4) is 0 Å². The van der Waals surface area contributed by atoms with Crippen molar-refractivity contribution in [2.45, 2.75) is 25.6 Å². The average Bonchev–Trinajstić information content (AvgIpc) is 2.65. The summed E-state index contributed by atoms with van der Waals surface area (Å²) in [5.41, 5.74) is 2.90. The van der Waals surface area contributed by atoms with Gasteiger partial charge in [0, 0.05) is 25.2 Å². The van der Waals surface area contributed by atoms with Crippen LogP contribution in [0.15, 0.2) is 84.9 Å². The van der Waals surface area contributed by atoms with Crippen LogP contribution in [-0.2, 0) is 19.5 Å². The minimum absolute atomic E-state index is 0.205. The summed E-state index contributed by atoms with van der Waals surface area (Å²) in [5.74, 6) is -0.205. The summed E-state index contributed by atoms with van der Waals surface area (Å²) in [4.78, 5) is 2.10. The predicted molar refractivity (Wildman–Crippen MR) is 103 cm³/mol. The van der Waals surface area contributed by atoms with Gasteiger partial charge in [-0.1, -0.05) is 78.9 Å². The Morgan fingerprint density at radius 3 is 1.96 bits per heavy atom. The maximum absolute atomic E-state index is 14.1. The molecule has 0 saturated heterocycles. The van der Waals surface area contributed by atoms with E-state index in [1.165, 1.54) is 6.07 Å². The van der Waals surface area contributed by atoms with E-state index in [9.17, 15) is 9.50 Å². The average molecular weight is 349 g/mol. The molecular weight excluding hydrogens is 325 g/mol. The molecule has 134 valence electrons. The second kappa shape index (κ2) is 9.27. The number of nitrogens with zero attached hydrogens (tertiary/aromatic N) is 1. The molecule has 0 bridgehead atoms. The Bertz CT molecular complexity index is 792. The second-order valence-electron chi connectivity index (χ2n) is 6.59. The molecule has 0 radical (unpaired) electrons. The molecule has 0 aliphatic heterocycles. The van der Waals surface area contributed by atoms with Crippen molar-refractivity contribution in [1.82, 2.24) is 4.90 Å². The van der Waals surface area contributed by atoms with E-state index >= 15 is 0 Å². The highest BCUT2D eigenvalue weighted by molar-refractivity contribution is 5.19. The Labute approximate surface area is 154 Å². The summed E-state index contributed by atoms with van der Waals surface area (Å²) in [6, 6.07) is 26.9. The van der Waals surface area contributed by atoms with Crippen LogP contribution < -0.4 is 0 Å². The molecule has 3 heteroatoms. The molecule has 2 nitrogen and oxygen atoms in total. The first-order chi connectivity index (χ1) is 12.7. The topological polar surface area (TPSA) is 23.5 Å². The zero-order valence-electron chi connectivity index (χ0n) is 14.8. The number of aliphatic hydroxyl groups excluding tert-OH is 1. The first kappa shape index (κ1) is 18.3. The van der Waals surface area contributed by atoms with Gasteiger partial charge in [-0.05, 0) is 23.6 Å². The van der Waals surface area contributed by atoms with E-state index in [1.807, 2.05) is 54.6 Å². The standard InChI is InChI=1S/C23H24FNO/c24-23-14-8-7-13-21(23)17-25(16-20-11-5-2-6-12-20)18-22(26)15-19-9-3-1-4-10-19/h1-14,22,26H,15-18H2. The lowest BCUT2D eigenvalue weighted by Crippen LogP contribution is -2.33. The van der Waals surface area contributed by atoms with Crippen molar-refractivity contribution in [2.24, 2.45) is 0 Å². The number of rotatable bonds is 8. The minimum atomic E-state index is -0.507. The lowest BCUT2D eigenvalue weighted by Gasteiger charge is -2.25. The van der Waals surface area contributed by atoms with Gasteiger partial charge in [-0.25, -0.2) is 4.39 Å². The SMILES string of the molecule is OC(Cc1ccccc1)CN(Cc1ccccc1)Cc1ccccc1F. The van der Waals surface area contributed by atoms with Gasteiger partial charge in [0.1, 0.15) is 5.82 Å². The van der Waals surface area contributed by atoms with Gasteiger partial charge in [-0.15, -0.1) is 0 Å². The van der Waals surface area contributed by atoms with Gasteiger partial charge in [-0.2, -0.15) is 0 Å². The smallest absolute Gasteiger partial charge is 0.127 e. The van der Waals surface area contributed by atoms with Crippen molar-refractivity contribution < 1.29 is 9.50 Å². The van der Waals surface area contributed by atoms with E-state index < -0.39 is 6.10 Å². The fourth-order valence-electron chi connectivity index (χ4n) is 3.14. The van der Waals surface area contributed by atoms with Crippen molar-refractivity contribution in [3.63, 3.8) is 0 Å². The molecule has 3 aromatic rings. The Morgan fingerprint density at radius 1 is 0.731 bits per heavy atom. The molecule has 1 atom stereocenters. The summed E-state index contributed by atoms with van der Waals surface area (Å²) in [5, 5.41) is 10.6. The number of hydrogen-bond acceptors (Lipinski definition) is 2. The third-order valence-corrected chi connectivity index (χ3v) is 4.38. The molecular formula is C23H24FNO. The van der Waals surface area contributed by atoms with Crippen LogP contribution in [-0.4, -0.2) is 22.7 Å². The van der Waals surface area contributed by atoms with Crippen LogP contribution in [0.1, 0.15) is 16.7 Å². The molecule has 0 heterocycles. The highest BCUT2D eigenvalue weighted by Crippen LogP contribution is 2.14. The Balaban J connectivity index is 1.70. The predicted octanol–water partition coefficient (Wildman–Crippen LogP) is 4.43. The van der Waals surface area contributed by atoms with Crippen LogP contribution in [0.5, 0.6) is 0 Å². The van der Waals surface area contributed by atoms with E-state index in [2.05, 4.69) is 17.0 Å². The van der Waals surface area contributed by atoms with Gasteiger partial charge in [0.25, 0.3) is 0 Å². The summed E-state index contributed by atoms with van der Waals surface area (Å²) in [6.45, 7) is 1.62. The van der Waals surface area contributed by atoms with E-state index in [0.717, 1.165) is 11.1 Å². The third-order valence-electron chi connectivity index (χ3n) is 4.38. The normalized spacial score (nSPS) is 12.3. The first-order valence-corrected chi connectivity index (χ1v) is 8.92. The fourth-order valence-corrected chi connectivity index (χ4v) is 3.14. The maximum atomic E-state index is 14.1. The molecule has 1 unspecified atom stereocenters. The van der Waals surface area contributed by atoms with E-state index in [0.29, 0.717) is 31.6 Å². The first-order valence-electron chi connectivity index (χ1n) is 8.92. The summed E-state index contributed by atoms with van der Waals surface area (Å²) in [7, 11) is 0. The van der Waals surface area contributed by atoms with E-state index in [1.54, 1.807) is 12.1 Å². The minimum Gasteiger partial charge on any atom is -0.391 e. The maximum Gasteiger partial charge on any atom is 0.127 e. The lowest BCUT2D eigenvalue weighted by molar-refractivity contribution is 0.104. The van der Waals surface area contributed by atoms with Gasteiger partial charge in [0.2, 0.25) is 0 Å². The molecule has 0 aliphatic rings. The molecule has 0 fully saturated rings. The van der Waals surface area contributed by atoms with E-state index in [4.69, 9.17) is 0 Å². The van der Waals surface area contributed by atoms with Crippen LogP contribution in [0, 0.1) is 5.82 Å². The number of benzene rings is 3. The zero-order chi connectivity index (χ0) is 18.2. The van der Waals surface area contributed by atoms with E-state index in [-0.39, 0.29) is 5.82 Å². The third kappa shape index (κ3) is 5.51. The molecule has 1 N–H and O–H groups in total. The van der Waals surface area contributed by atoms with Crippen molar-refractivity contribution in [2.75, 3.05) is 6.54 Å². The Morgan fingerprint density at radius 2 is 1.31 bits per heavy atom. The Kier molecular flexibility index (Phi) is 6.53. The second-order valence-corrected chi connectivity index (χ2v) is 6.59. The number of hydrogen-bond donors (Lipinski definition) is 1. The molecule has 0 spiro atoms. The summed E-state index contributed by atoms with van der Waals surface area (Å²) >= 11 is 0. The van der Waals surface area contributed by atoms with Crippen molar-refractivity contribution >= 4 is 0 Å². The quantitative estimate of drug-likeness (QED) is 0.650. The molecule has 26 heavy (non-hydrogen) atoms. The van der Waals surface area contributed by atoms with Crippen LogP contribution in [0.25, 0.3) is 0 Å². The summed E-state index contributed by atoms with van der Waals surface area (Å²) < 4.78 is 14.1. The van der Waals surface area contributed by atoms with Crippen LogP contribution in [0.4, 0.5) is 4.39 Å². The molecule has 3 rings (SSSR count). The van der Waals surface area contributed by atoms with Crippen LogP contribution >= 0.6 is 0 Å². The van der Waals surface area contributed by atoms with Crippen LogP contribution in [0.2, 0.25) is 0 Å². The Hall–Kier alpha value is -2.49. The number of halogens is 1. The molecule has 0 aromatic heterocycles. The molecule has 0 amide bonds. The summed E-state index contributed by atoms with van der Waals surface area (Å²) in [6.07, 6.45) is 0.0801. The van der Waals surface area contributed by atoms with Crippen molar-refractivity contribution in [3.8, 4) is 0 Å². The van der Waals surface area contributed by atoms with Gasteiger partial charge < -0.3 is 5.11 Å². The van der Waals surface area contributed by atoms with Crippen molar-refractivity contribution in [3.05, 3.63) is 107 Å².